The van der Waals surface area contributed by atoms with Crippen molar-refractivity contribution in [3.63, 3.8) is 0 Å². The number of nitrogens with one attached hydrogen (secondary N) is 1. The molecule has 1 atom stereocenters. The van der Waals surface area contributed by atoms with Crippen molar-refractivity contribution in [2.75, 3.05) is 0 Å². The van der Waals surface area contributed by atoms with Gasteiger partial charge in [0.2, 0.25) is 5.91 Å². The van der Waals surface area contributed by atoms with E-state index in [4.69, 9.17) is 0 Å². The number of hydrogen-bond donors (Lipinski definition) is 2. The molecule has 0 radical (unpaired) electrons. The Kier molecular flexibility index (Phi) is 6.36. The third-order valence-electron chi connectivity index (χ3n) is 7.05. The Balaban J connectivity index is 1.71. The van der Waals surface area contributed by atoms with Gasteiger partial charge in [-0.05, 0) is 45.7 Å². The summed E-state index contributed by atoms with van der Waals surface area (Å²) in [5, 5.41) is 18.4. The number of carbonyl (C=O) groups is 1. The topological polar surface area (TPSA) is 70.4 Å². The van der Waals surface area contributed by atoms with Crippen LogP contribution in [0.5, 0.6) is 0 Å². The second-order valence-corrected chi connectivity index (χ2v) is 10.2. The minimum absolute atomic E-state index is 0.0992. The Labute approximate surface area is 195 Å². The van der Waals surface area contributed by atoms with Crippen molar-refractivity contribution in [3.8, 4) is 0 Å². The molecule has 6 nitrogen and oxygen atoms in total. The predicted octanol–water partition coefficient (Wildman–Crippen LogP) is 4.33. The fraction of sp³-hybridized carbons (Fsp3) is 0.538. The Hall–Kier alpha value is -2.67. The maximum absolute atomic E-state index is 14.6. The summed E-state index contributed by atoms with van der Waals surface area (Å²) in [6, 6.07) is 8.57. The van der Waals surface area contributed by atoms with Gasteiger partial charge in [0, 0.05) is 18.2 Å². The molecule has 2 aromatic rings. The molecule has 1 aliphatic heterocycles. The van der Waals surface area contributed by atoms with E-state index in [9.17, 15) is 14.3 Å². The van der Waals surface area contributed by atoms with Crippen molar-refractivity contribution >= 4 is 11.6 Å². The standard InChI is InChI=1S/C26H35FN4O2/c1-18-22-15-23(25(2,3)33)29-31(22)17-26(4,24(32)28-20-12-7-5-6-8-13-20)30(18)16-19-11-9-10-14-21(19)27/h9-11,14-15,20,33H,1,5-8,12-13,16-17H2,2-4H3,(H,28,32). The number of nitrogens with zero attached hydrogens (tertiary/aromatic N) is 3. The maximum atomic E-state index is 14.6. The molecule has 1 amide bonds. The van der Waals surface area contributed by atoms with Crippen LogP contribution in [-0.4, -0.2) is 37.3 Å². The number of halogens is 1. The quantitative estimate of drug-likeness (QED) is 0.660. The highest BCUT2D eigenvalue weighted by molar-refractivity contribution is 5.88. The summed E-state index contributed by atoms with van der Waals surface area (Å²) in [5.74, 6) is -0.411. The predicted molar refractivity (Wildman–Crippen MR) is 126 cm³/mol. The van der Waals surface area contributed by atoms with Gasteiger partial charge in [-0.1, -0.05) is 50.5 Å². The third kappa shape index (κ3) is 4.69. The number of benzene rings is 1. The highest BCUT2D eigenvalue weighted by Gasteiger charge is 2.46. The van der Waals surface area contributed by atoms with Gasteiger partial charge in [0.05, 0.1) is 23.6 Å². The van der Waals surface area contributed by atoms with Crippen LogP contribution in [0.4, 0.5) is 4.39 Å². The number of aliphatic hydroxyl groups is 1. The monoisotopic (exact) mass is 454 g/mol. The summed E-state index contributed by atoms with van der Waals surface area (Å²) >= 11 is 0. The van der Waals surface area contributed by atoms with Gasteiger partial charge in [-0.25, -0.2) is 4.39 Å². The van der Waals surface area contributed by atoms with Gasteiger partial charge in [-0.3, -0.25) is 9.48 Å². The number of hydrogen-bond acceptors (Lipinski definition) is 4. The molecule has 2 aliphatic rings. The summed E-state index contributed by atoms with van der Waals surface area (Å²) in [6.07, 6.45) is 6.60. The molecule has 1 aromatic heterocycles. The molecule has 0 saturated heterocycles. The lowest BCUT2D eigenvalue weighted by Crippen LogP contribution is -2.61. The van der Waals surface area contributed by atoms with Crippen LogP contribution in [0.1, 0.15) is 76.2 Å². The molecule has 1 unspecified atom stereocenters. The van der Waals surface area contributed by atoms with Crippen molar-refractivity contribution in [2.45, 2.75) is 89.6 Å². The second kappa shape index (κ2) is 8.93. The first-order valence-corrected chi connectivity index (χ1v) is 11.9. The van der Waals surface area contributed by atoms with E-state index in [1.165, 1.54) is 18.9 Å². The molecule has 0 spiro atoms. The van der Waals surface area contributed by atoms with Crippen molar-refractivity contribution < 1.29 is 14.3 Å². The smallest absolute Gasteiger partial charge is 0.247 e. The zero-order chi connectivity index (χ0) is 23.8. The average molecular weight is 455 g/mol. The van der Waals surface area contributed by atoms with Crippen molar-refractivity contribution in [1.82, 2.24) is 20.0 Å². The van der Waals surface area contributed by atoms with Gasteiger partial charge in [0.25, 0.3) is 0 Å². The van der Waals surface area contributed by atoms with E-state index in [-0.39, 0.29) is 30.9 Å². The van der Waals surface area contributed by atoms with Gasteiger partial charge < -0.3 is 15.3 Å². The van der Waals surface area contributed by atoms with Gasteiger partial charge in [-0.15, -0.1) is 0 Å². The zero-order valence-electron chi connectivity index (χ0n) is 19.9. The van der Waals surface area contributed by atoms with E-state index in [1.54, 1.807) is 42.8 Å². The normalized spacial score (nSPS) is 22.1. The van der Waals surface area contributed by atoms with Gasteiger partial charge >= 0.3 is 0 Å². The summed E-state index contributed by atoms with van der Waals surface area (Å²) in [6.45, 7) is 10.0. The van der Waals surface area contributed by atoms with Crippen molar-refractivity contribution in [2.24, 2.45) is 0 Å². The van der Waals surface area contributed by atoms with Gasteiger partial charge in [-0.2, -0.15) is 5.10 Å². The molecule has 2 heterocycles. The van der Waals surface area contributed by atoms with E-state index in [0.717, 1.165) is 31.4 Å². The van der Waals surface area contributed by atoms with Crippen LogP contribution in [-0.2, 0) is 23.5 Å². The van der Waals surface area contributed by atoms with Crippen LogP contribution in [0.25, 0.3) is 5.70 Å². The Morgan fingerprint density at radius 3 is 2.58 bits per heavy atom. The van der Waals surface area contributed by atoms with E-state index in [1.807, 2.05) is 11.8 Å². The SMILES string of the molecule is C=C1c2cc(C(C)(C)O)nn2CC(C)(C(=O)NC2CCCCCC2)N1Cc1ccccc1F. The van der Waals surface area contributed by atoms with Crippen LogP contribution in [0.3, 0.4) is 0 Å². The summed E-state index contributed by atoms with van der Waals surface area (Å²) in [5.41, 5.74) is 0.191. The maximum Gasteiger partial charge on any atom is 0.247 e. The molecule has 7 heteroatoms. The van der Waals surface area contributed by atoms with Crippen LogP contribution in [0.15, 0.2) is 36.9 Å². The Morgan fingerprint density at radius 1 is 1.27 bits per heavy atom. The molecule has 2 N–H and O–H groups in total. The molecular weight excluding hydrogens is 419 g/mol. The van der Waals surface area contributed by atoms with E-state index >= 15 is 0 Å². The van der Waals surface area contributed by atoms with Crippen molar-refractivity contribution in [1.29, 1.82) is 0 Å². The summed E-state index contributed by atoms with van der Waals surface area (Å²) in [7, 11) is 0. The molecule has 0 bridgehead atoms. The number of fused-ring (bicyclic) bond motifs is 1. The Morgan fingerprint density at radius 2 is 1.94 bits per heavy atom. The van der Waals surface area contributed by atoms with E-state index in [0.29, 0.717) is 17.0 Å². The molecule has 1 aromatic carbocycles. The fourth-order valence-electron chi connectivity index (χ4n) is 4.91. The lowest BCUT2D eigenvalue weighted by molar-refractivity contribution is -0.133. The average Bonchev–Trinajstić information content (AvgIpc) is 3.02. The summed E-state index contributed by atoms with van der Waals surface area (Å²) < 4.78 is 16.3. The number of carbonyl (C=O) groups excluding carboxylic acids is 1. The highest BCUT2D eigenvalue weighted by atomic mass is 19.1. The molecule has 1 saturated carbocycles. The van der Waals surface area contributed by atoms with Crippen LogP contribution >= 0.6 is 0 Å². The van der Waals surface area contributed by atoms with Gasteiger partial charge in [0.15, 0.2) is 0 Å². The molecule has 1 aliphatic carbocycles. The molecule has 33 heavy (non-hydrogen) atoms. The van der Waals surface area contributed by atoms with Crippen LogP contribution in [0, 0.1) is 5.82 Å². The first kappa shape index (κ1) is 23.5. The second-order valence-electron chi connectivity index (χ2n) is 10.2. The lowest BCUT2D eigenvalue weighted by atomic mass is 9.92. The van der Waals surface area contributed by atoms with Crippen molar-refractivity contribution in [3.05, 3.63) is 59.7 Å². The number of amides is 1. The number of aromatic nitrogens is 2. The first-order chi connectivity index (χ1) is 15.6. The minimum atomic E-state index is -1.13. The first-order valence-electron chi connectivity index (χ1n) is 11.9. The summed E-state index contributed by atoms with van der Waals surface area (Å²) in [4.78, 5) is 15.7. The molecule has 1 fully saturated rings. The Bertz CT molecular complexity index is 1030. The highest BCUT2D eigenvalue weighted by Crippen LogP contribution is 2.37. The largest absolute Gasteiger partial charge is 0.384 e. The zero-order valence-corrected chi connectivity index (χ0v) is 19.9. The van der Waals surface area contributed by atoms with Gasteiger partial charge in [0.1, 0.15) is 17.0 Å². The molecule has 178 valence electrons. The van der Waals surface area contributed by atoms with E-state index < -0.39 is 11.1 Å². The van der Waals surface area contributed by atoms with Crippen LogP contribution < -0.4 is 5.32 Å². The number of rotatable bonds is 5. The lowest BCUT2D eigenvalue weighted by Gasteiger charge is -2.46. The van der Waals surface area contributed by atoms with E-state index in [2.05, 4.69) is 17.0 Å². The van der Waals surface area contributed by atoms with Crippen LogP contribution in [0.2, 0.25) is 0 Å². The fourth-order valence-corrected chi connectivity index (χ4v) is 4.91. The minimum Gasteiger partial charge on any atom is -0.384 e. The third-order valence-corrected chi connectivity index (χ3v) is 7.05. The molecular formula is C26H35FN4O2. The molecule has 4 rings (SSSR count).